The van der Waals surface area contributed by atoms with E-state index in [1.54, 1.807) is 0 Å². The molecule has 3 aromatic rings. The predicted molar refractivity (Wildman–Crippen MR) is 101 cm³/mol. The molecule has 0 atom stereocenters. The number of ether oxygens (including phenoxy) is 1. The second kappa shape index (κ2) is 7.90. The van der Waals surface area contributed by atoms with Gasteiger partial charge in [0.2, 0.25) is 0 Å². The van der Waals surface area contributed by atoms with Crippen LogP contribution in [0.5, 0.6) is 5.75 Å². The summed E-state index contributed by atoms with van der Waals surface area (Å²) >= 11 is 0. The zero-order chi connectivity index (χ0) is 16.8. The van der Waals surface area contributed by atoms with Crippen molar-refractivity contribution in [3.63, 3.8) is 0 Å². The fourth-order valence-electron chi connectivity index (χ4n) is 2.50. The zero-order valence-electron chi connectivity index (χ0n) is 13.6. The van der Waals surface area contributed by atoms with E-state index in [4.69, 9.17) is 4.74 Å². The molecule has 0 aliphatic carbocycles. The third-order valence-electron chi connectivity index (χ3n) is 3.65. The number of hydrogen-bond acceptors (Lipinski definition) is 2. The zero-order valence-corrected chi connectivity index (χ0v) is 14.4. The van der Waals surface area contributed by atoms with Gasteiger partial charge in [-0.3, -0.25) is 4.79 Å². The molecular weight excluding hydrogens is 315 g/mol. The highest BCUT2D eigenvalue weighted by molar-refractivity contribution is 7.80. The topological polar surface area (TPSA) is 26.3 Å². The molecule has 0 aliphatic heterocycles. The molecule has 0 N–H and O–H groups in total. The Bertz CT molecular complexity index is 761. The van der Waals surface area contributed by atoms with Gasteiger partial charge in [-0.05, 0) is 24.6 Å². The number of para-hydroxylation sites is 1. The van der Waals surface area contributed by atoms with Crippen LogP contribution in [0.25, 0.3) is 0 Å². The number of carbonyl (C=O) groups is 1. The highest BCUT2D eigenvalue weighted by Gasteiger charge is 2.20. The lowest BCUT2D eigenvalue weighted by Gasteiger charge is -2.21. The summed E-state index contributed by atoms with van der Waals surface area (Å²) in [5, 5.41) is 3.53. The van der Waals surface area contributed by atoms with Crippen molar-refractivity contribution in [2.24, 2.45) is 0 Å². The fraction of sp³-hybridized carbons (Fsp3) is 0.0952. The quantitative estimate of drug-likeness (QED) is 0.403. The molecule has 120 valence electrons. The molecule has 0 aliphatic rings. The van der Waals surface area contributed by atoms with Gasteiger partial charge in [0.05, 0.1) is 0 Å². The highest BCUT2D eigenvalue weighted by atomic mass is 31.1. The smallest absolute Gasteiger partial charge is 0.310 e. The molecule has 0 radical (unpaired) electrons. The maximum Gasteiger partial charge on any atom is 0.310 e. The molecule has 0 unspecified atom stereocenters. The lowest BCUT2D eigenvalue weighted by Crippen LogP contribution is -2.23. The van der Waals surface area contributed by atoms with Crippen LogP contribution in [0.2, 0.25) is 0 Å². The van der Waals surface area contributed by atoms with Crippen molar-refractivity contribution < 1.29 is 9.53 Å². The van der Waals surface area contributed by atoms with E-state index in [-0.39, 0.29) is 5.97 Å². The first-order chi connectivity index (χ1) is 11.8. The van der Waals surface area contributed by atoms with E-state index in [0.29, 0.717) is 12.2 Å². The van der Waals surface area contributed by atoms with E-state index in [2.05, 4.69) is 30.3 Å². The number of hydrogen-bond donors (Lipinski definition) is 0. The van der Waals surface area contributed by atoms with Crippen molar-refractivity contribution in [1.82, 2.24) is 0 Å². The van der Waals surface area contributed by atoms with Gasteiger partial charge < -0.3 is 4.74 Å². The van der Waals surface area contributed by atoms with Gasteiger partial charge in [0, 0.05) is 11.7 Å². The Hall–Kier alpha value is -2.44. The SMILES string of the molecule is CCC(=O)Oc1ccccc1P(c1ccccc1)c1ccccc1. The molecule has 3 heteroatoms. The standard InChI is InChI=1S/C21H19O2P/c1-2-21(22)23-19-15-9-10-16-20(19)24(17-11-5-3-6-12-17)18-13-7-4-8-14-18/h3-16H,2H2,1H3. The first-order valence-electron chi connectivity index (χ1n) is 7.99. The van der Waals surface area contributed by atoms with Crippen LogP contribution in [-0.4, -0.2) is 5.97 Å². The summed E-state index contributed by atoms with van der Waals surface area (Å²) in [5.41, 5.74) is 0. The second-order valence-electron chi connectivity index (χ2n) is 5.30. The average molecular weight is 334 g/mol. The van der Waals surface area contributed by atoms with Crippen LogP contribution < -0.4 is 20.7 Å². The van der Waals surface area contributed by atoms with Gasteiger partial charge in [-0.1, -0.05) is 85.8 Å². The molecule has 0 bridgehead atoms. The van der Waals surface area contributed by atoms with Crippen LogP contribution in [0.3, 0.4) is 0 Å². The van der Waals surface area contributed by atoms with E-state index in [0.717, 1.165) is 5.30 Å². The Kier molecular flexibility index (Phi) is 5.40. The molecule has 3 aromatic carbocycles. The summed E-state index contributed by atoms with van der Waals surface area (Å²) in [5.74, 6) is 0.446. The molecule has 0 aromatic heterocycles. The van der Waals surface area contributed by atoms with E-state index >= 15 is 0 Å². The van der Waals surface area contributed by atoms with Gasteiger partial charge >= 0.3 is 5.97 Å². The van der Waals surface area contributed by atoms with Crippen molar-refractivity contribution in [3.05, 3.63) is 84.9 Å². The summed E-state index contributed by atoms with van der Waals surface area (Å²) in [6, 6.07) is 28.6. The predicted octanol–water partition coefficient (Wildman–Crippen LogP) is 3.76. The minimum atomic E-state index is -0.780. The summed E-state index contributed by atoms with van der Waals surface area (Å²) in [6.07, 6.45) is 0.364. The molecule has 0 fully saturated rings. The Morgan fingerprint density at radius 1 is 0.792 bits per heavy atom. The summed E-state index contributed by atoms with van der Waals surface area (Å²) < 4.78 is 5.60. The Morgan fingerprint density at radius 3 is 1.83 bits per heavy atom. The molecular formula is C21H19O2P. The number of rotatable bonds is 5. The maximum absolute atomic E-state index is 11.8. The third-order valence-corrected chi connectivity index (χ3v) is 6.13. The molecule has 2 nitrogen and oxygen atoms in total. The average Bonchev–Trinajstić information content (AvgIpc) is 2.65. The van der Waals surface area contributed by atoms with Crippen LogP contribution in [-0.2, 0) is 4.79 Å². The maximum atomic E-state index is 11.8. The van der Waals surface area contributed by atoms with Crippen LogP contribution in [0, 0.1) is 0 Å². The van der Waals surface area contributed by atoms with E-state index in [1.807, 2.05) is 61.5 Å². The molecule has 0 spiro atoms. The summed E-state index contributed by atoms with van der Waals surface area (Å²) in [6.45, 7) is 1.81. The van der Waals surface area contributed by atoms with Crippen LogP contribution in [0.1, 0.15) is 13.3 Å². The minimum absolute atomic E-state index is 0.210. The lowest BCUT2D eigenvalue weighted by atomic mass is 10.3. The van der Waals surface area contributed by atoms with Gasteiger partial charge in [-0.2, -0.15) is 0 Å². The molecule has 3 rings (SSSR count). The first kappa shape index (κ1) is 16.4. The van der Waals surface area contributed by atoms with Gasteiger partial charge in [-0.15, -0.1) is 0 Å². The van der Waals surface area contributed by atoms with Crippen LogP contribution in [0.4, 0.5) is 0 Å². The Labute approximate surface area is 143 Å². The minimum Gasteiger partial charge on any atom is -0.426 e. The lowest BCUT2D eigenvalue weighted by molar-refractivity contribution is -0.133. The van der Waals surface area contributed by atoms with E-state index < -0.39 is 7.92 Å². The van der Waals surface area contributed by atoms with Gasteiger partial charge in [0.1, 0.15) is 5.75 Å². The third kappa shape index (κ3) is 3.72. The van der Waals surface area contributed by atoms with Crippen molar-refractivity contribution in [2.75, 3.05) is 0 Å². The molecule has 24 heavy (non-hydrogen) atoms. The van der Waals surface area contributed by atoms with Gasteiger partial charge in [-0.25, -0.2) is 0 Å². The van der Waals surface area contributed by atoms with E-state index in [1.165, 1.54) is 10.6 Å². The van der Waals surface area contributed by atoms with Crippen molar-refractivity contribution in [2.45, 2.75) is 13.3 Å². The van der Waals surface area contributed by atoms with Crippen molar-refractivity contribution in [3.8, 4) is 5.75 Å². The van der Waals surface area contributed by atoms with Gasteiger partial charge in [0.15, 0.2) is 0 Å². The largest absolute Gasteiger partial charge is 0.426 e. The summed E-state index contributed by atoms with van der Waals surface area (Å²) in [7, 11) is -0.780. The Balaban J connectivity index is 2.12. The highest BCUT2D eigenvalue weighted by Crippen LogP contribution is 2.36. The number of esters is 1. The molecule has 0 amide bonds. The fourth-order valence-corrected chi connectivity index (χ4v) is 4.88. The number of carbonyl (C=O) groups excluding carboxylic acids is 1. The molecule has 0 saturated carbocycles. The Morgan fingerprint density at radius 2 is 1.29 bits per heavy atom. The van der Waals surface area contributed by atoms with Crippen LogP contribution in [0.15, 0.2) is 84.9 Å². The first-order valence-corrected chi connectivity index (χ1v) is 9.33. The molecule has 0 heterocycles. The normalized spacial score (nSPS) is 10.6. The second-order valence-corrected chi connectivity index (χ2v) is 7.49. The van der Waals surface area contributed by atoms with Crippen LogP contribution >= 0.6 is 7.92 Å². The molecule has 0 saturated heterocycles. The monoisotopic (exact) mass is 334 g/mol. The summed E-state index contributed by atoms with van der Waals surface area (Å²) in [4.78, 5) is 11.8. The number of benzene rings is 3. The van der Waals surface area contributed by atoms with Crippen molar-refractivity contribution in [1.29, 1.82) is 0 Å². The van der Waals surface area contributed by atoms with Gasteiger partial charge in [0.25, 0.3) is 0 Å². The van der Waals surface area contributed by atoms with E-state index in [9.17, 15) is 4.79 Å². The van der Waals surface area contributed by atoms with Crippen molar-refractivity contribution >= 4 is 29.8 Å².